The molecule has 1 heterocycles. The van der Waals surface area contributed by atoms with Gasteiger partial charge in [-0.3, -0.25) is 9.59 Å². The van der Waals surface area contributed by atoms with Crippen LogP contribution in [0, 0.1) is 22.0 Å². The van der Waals surface area contributed by atoms with Crippen molar-refractivity contribution in [3.63, 3.8) is 0 Å². The lowest BCUT2D eigenvalue weighted by atomic mass is 9.68. The van der Waals surface area contributed by atoms with Crippen LogP contribution in [0.3, 0.4) is 0 Å². The molecule has 3 unspecified atom stereocenters. The van der Waals surface area contributed by atoms with E-state index >= 15 is 0 Å². The van der Waals surface area contributed by atoms with Crippen molar-refractivity contribution in [2.24, 2.45) is 22.6 Å². The number of aliphatic imine (C=N–C) groups is 1. The number of phenolic OH excluding ortho intramolecular Hbond substituents is 1. The Bertz CT molecular complexity index is 986. The highest BCUT2D eigenvalue weighted by Crippen LogP contribution is 2.40. The number of hydrazine groups is 1. The number of phenols is 1. The summed E-state index contributed by atoms with van der Waals surface area (Å²) in [6.07, 6.45) is 1.99. The van der Waals surface area contributed by atoms with Crippen LogP contribution in [-0.4, -0.2) is 71.6 Å². The number of aromatic hydroxyl groups is 1. The van der Waals surface area contributed by atoms with Crippen LogP contribution >= 0.6 is 0 Å². The Morgan fingerprint density at radius 1 is 1.37 bits per heavy atom. The number of amides is 2. The zero-order valence-corrected chi connectivity index (χ0v) is 22.9. The summed E-state index contributed by atoms with van der Waals surface area (Å²) in [6.45, 7) is 11.4. The third-order valence-electron chi connectivity index (χ3n) is 7.18. The highest BCUT2D eigenvalue weighted by atomic mass is 16.7. The van der Waals surface area contributed by atoms with E-state index in [4.69, 9.17) is 5.73 Å². The molecule has 0 aromatic heterocycles. The molecule has 0 saturated carbocycles. The van der Waals surface area contributed by atoms with Crippen LogP contribution in [-0.2, 0) is 15.0 Å². The van der Waals surface area contributed by atoms with Crippen molar-refractivity contribution in [2.75, 3.05) is 32.7 Å². The largest absolute Gasteiger partial charge is 0.508 e. The first kappa shape index (κ1) is 30.8. The molecular weight excluding hydrogens is 490 g/mol. The maximum atomic E-state index is 12.9. The Hall–Kier alpha value is -3.41. The van der Waals surface area contributed by atoms with Gasteiger partial charge in [-0.1, -0.05) is 45.3 Å². The van der Waals surface area contributed by atoms with Gasteiger partial charge in [0.05, 0.1) is 0 Å². The van der Waals surface area contributed by atoms with E-state index in [2.05, 4.69) is 40.4 Å². The molecule has 38 heavy (non-hydrogen) atoms. The number of rotatable bonds is 13. The normalized spacial score (nSPS) is 21.1. The molecule has 1 aromatic rings. The molecule has 1 aromatic carbocycles. The zero-order chi connectivity index (χ0) is 28.3. The summed E-state index contributed by atoms with van der Waals surface area (Å²) >= 11 is 0. The second kappa shape index (κ2) is 14.5. The molecule has 212 valence electrons. The van der Waals surface area contributed by atoms with E-state index in [0.29, 0.717) is 38.3 Å². The quantitative estimate of drug-likeness (QED) is 0.0833. The Balaban J connectivity index is 1.87. The Labute approximate surface area is 224 Å². The first-order valence-electron chi connectivity index (χ1n) is 13.2. The third kappa shape index (κ3) is 9.81. The first-order chi connectivity index (χ1) is 17.9. The highest BCUT2D eigenvalue weighted by molar-refractivity contribution is 5.87. The summed E-state index contributed by atoms with van der Waals surface area (Å²) in [6, 6.07) is 6.75. The van der Waals surface area contributed by atoms with Crippen LogP contribution in [0.15, 0.2) is 29.3 Å². The lowest BCUT2D eigenvalue weighted by Gasteiger charge is -2.45. The third-order valence-corrected chi connectivity index (χ3v) is 7.18. The molecule has 3 atom stereocenters. The van der Waals surface area contributed by atoms with Gasteiger partial charge in [-0.2, -0.15) is 0 Å². The fourth-order valence-corrected chi connectivity index (χ4v) is 4.79. The second-order valence-electron chi connectivity index (χ2n) is 10.7. The first-order valence-corrected chi connectivity index (χ1v) is 13.2. The predicted octanol–water partition coefficient (Wildman–Crippen LogP) is 1.52. The molecule has 0 aliphatic carbocycles. The monoisotopic (exact) mass is 533 g/mol. The number of nitro groups is 1. The standard InChI is InChI=1S/C26H43N7O5/c1-18(2)15-23(35)30-22(9-6-11-29-25(27)31-33(37)38)24(36)28-12-14-32-13-10-26(4,19(3)17-32)20-7-5-8-21(34)16-20/h5,7-8,16,18-19,22,34H,6,9-15,17H2,1-4H3,(H,28,36)(H,30,35)(H3,27,29,31). The lowest BCUT2D eigenvalue weighted by molar-refractivity contribution is -0.525. The van der Waals surface area contributed by atoms with Gasteiger partial charge in [0.1, 0.15) is 11.8 Å². The van der Waals surface area contributed by atoms with E-state index in [1.807, 2.05) is 26.0 Å². The van der Waals surface area contributed by atoms with Crippen molar-refractivity contribution < 1.29 is 19.7 Å². The SMILES string of the molecule is CC(C)CC(=O)NC(CCCN=C(N)N[N+](=O)[O-])C(=O)NCCN1CCC(C)(c2cccc(O)c2)C(C)C1. The van der Waals surface area contributed by atoms with Crippen molar-refractivity contribution in [3.8, 4) is 5.75 Å². The molecule has 12 heteroatoms. The number of benzene rings is 1. The number of hydrogen-bond donors (Lipinski definition) is 5. The van der Waals surface area contributed by atoms with E-state index in [1.54, 1.807) is 11.5 Å². The molecule has 1 fully saturated rings. The van der Waals surface area contributed by atoms with E-state index in [9.17, 15) is 24.8 Å². The fourth-order valence-electron chi connectivity index (χ4n) is 4.79. The minimum Gasteiger partial charge on any atom is -0.508 e. The second-order valence-corrected chi connectivity index (χ2v) is 10.7. The van der Waals surface area contributed by atoms with Crippen molar-refractivity contribution in [2.45, 2.75) is 64.8 Å². The number of carbonyl (C=O) groups excluding carboxylic acids is 2. The fraction of sp³-hybridized carbons (Fsp3) is 0.654. The van der Waals surface area contributed by atoms with Crippen molar-refractivity contribution in [1.82, 2.24) is 21.0 Å². The number of guanidine groups is 1. The summed E-state index contributed by atoms with van der Waals surface area (Å²) in [5.41, 5.74) is 8.29. The van der Waals surface area contributed by atoms with Gasteiger partial charge >= 0.3 is 0 Å². The maximum Gasteiger partial charge on any atom is 0.251 e. The molecule has 2 amide bonds. The number of nitrogens with two attached hydrogens (primary N) is 1. The number of piperidine rings is 1. The molecule has 12 nitrogen and oxygen atoms in total. The number of likely N-dealkylation sites (tertiary alicyclic amines) is 1. The molecule has 1 aliphatic rings. The Morgan fingerprint density at radius 3 is 2.74 bits per heavy atom. The van der Waals surface area contributed by atoms with Crippen LogP contribution in [0.25, 0.3) is 0 Å². The van der Waals surface area contributed by atoms with Crippen molar-refractivity contribution >= 4 is 17.8 Å². The van der Waals surface area contributed by atoms with Crippen LogP contribution in [0.5, 0.6) is 5.75 Å². The topological polar surface area (TPSA) is 175 Å². The summed E-state index contributed by atoms with van der Waals surface area (Å²) in [7, 11) is 0. The van der Waals surface area contributed by atoms with Crippen LogP contribution in [0.2, 0.25) is 0 Å². The summed E-state index contributed by atoms with van der Waals surface area (Å²) in [5, 5.41) is 25.3. The van der Waals surface area contributed by atoms with Gasteiger partial charge in [0.2, 0.25) is 11.8 Å². The minimum absolute atomic E-state index is 0.0364. The highest BCUT2D eigenvalue weighted by Gasteiger charge is 2.38. The van der Waals surface area contributed by atoms with Crippen LogP contribution in [0.1, 0.15) is 58.9 Å². The smallest absolute Gasteiger partial charge is 0.251 e. The van der Waals surface area contributed by atoms with Crippen LogP contribution < -0.4 is 21.8 Å². The van der Waals surface area contributed by atoms with E-state index in [0.717, 1.165) is 25.1 Å². The molecule has 0 radical (unpaired) electrons. The molecule has 6 N–H and O–H groups in total. The van der Waals surface area contributed by atoms with Crippen molar-refractivity contribution in [1.29, 1.82) is 0 Å². The van der Waals surface area contributed by atoms with Crippen molar-refractivity contribution in [3.05, 3.63) is 39.9 Å². The number of hydrogen-bond acceptors (Lipinski definition) is 7. The van der Waals surface area contributed by atoms with Gasteiger partial charge in [0, 0.05) is 32.6 Å². The minimum atomic E-state index is -0.794. The van der Waals surface area contributed by atoms with Gasteiger partial charge in [-0.25, -0.2) is 15.1 Å². The van der Waals surface area contributed by atoms with E-state index in [-0.39, 0.29) is 41.4 Å². The number of nitrogens with zero attached hydrogens (tertiary/aromatic N) is 3. The Morgan fingerprint density at radius 2 is 2.11 bits per heavy atom. The van der Waals surface area contributed by atoms with Crippen LogP contribution in [0.4, 0.5) is 0 Å². The van der Waals surface area contributed by atoms with Gasteiger partial charge in [0.25, 0.3) is 5.96 Å². The molecule has 1 saturated heterocycles. The van der Waals surface area contributed by atoms with Gasteiger partial charge < -0.3 is 26.4 Å². The Kier molecular flexibility index (Phi) is 11.8. The average molecular weight is 534 g/mol. The van der Waals surface area contributed by atoms with E-state index in [1.165, 1.54) is 0 Å². The van der Waals surface area contributed by atoms with Gasteiger partial charge in [-0.15, -0.1) is 0 Å². The molecular formula is C26H43N7O5. The van der Waals surface area contributed by atoms with Gasteiger partial charge in [0.15, 0.2) is 5.03 Å². The summed E-state index contributed by atoms with van der Waals surface area (Å²) < 4.78 is 0. The molecule has 2 rings (SSSR count). The van der Waals surface area contributed by atoms with E-state index < -0.39 is 11.1 Å². The lowest BCUT2D eigenvalue weighted by Crippen LogP contribution is -2.51. The number of nitrogens with one attached hydrogen (secondary N) is 3. The predicted molar refractivity (Wildman–Crippen MR) is 146 cm³/mol. The molecule has 0 bridgehead atoms. The summed E-state index contributed by atoms with van der Waals surface area (Å²) in [5.74, 6) is 0.0133. The molecule has 1 aliphatic heterocycles. The zero-order valence-electron chi connectivity index (χ0n) is 22.9. The maximum absolute atomic E-state index is 12.9. The average Bonchev–Trinajstić information content (AvgIpc) is 2.82. The molecule has 0 spiro atoms. The number of carbonyl (C=O) groups is 2. The summed E-state index contributed by atoms with van der Waals surface area (Å²) in [4.78, 5) is 41.9. The van der Waals surface area contributed by atoms with Gasteiger partial charge in [-0.05, 0) is 60.8 Å².